The molecule has 0 saturated carbocycles. The molecule has 0 spiro atoms. The van der Waals surface area contributed by atoms with Crippen LogP contribution >= 0.6 is 0 Å². The van der Waals surface area contributed by atoms with Crippen molar-refractivity contribution in [3.05, 3.63) is 83.2 Å². The number of carbonyl (C=O) groups is 1. The number of rotatable bonds is 11. The number of nitrogens with zero attached hydrogens (tertiary/aromatic N) is 3. The van der Waals surface area contributed by atoms with Gasteiger partial charge in [0.05, 0.1) is 47.1 Å². The number of alkyl halides is 5. The molecule has 9 nitrogen and oxygen atoms in total. The van der Waals surface area contributed by atoms with Crippen LogP contribution in [0.4, 0.5) is 27.9 Å². The summed E-state index contributed by atoms with van der Waals surface area (Å²) in [5.74, 6) is -0.837. The Hall–Kier alpha value is -3.69. The molecule has 1 aromatic heterocycles. The topological polar surface area (TPSA) is 122 Å². The van der Waals surface area contributed by atoms with Crippen LogP contribution in [-0.2, 0) is 20.8 Å². The Morgan fingerprint density at radius 3 is 2.20 bits per heavy atom. The maximum absolute atomic E-state index is 13.5. The maximum Gasteiger partial charge on any atom is 0.416 e. The van der Waals surface area contributed by atoms with Gasteiger partial charge in [-0.1, -0.05) is 31.2 Å². The number of aliphatic hydroxyl groups excluding tert-OH is 1. The highest BCUT2D eigenvalue weighted by atomic mass is 32.2. The number of halogens is 5. The molecule has 1 amide bonds. The predicted octanol–water partition coefficient (Wildman–Crippen LogP) is 5.13. The van der Waals surface area contributed by atoms with E-state index < -0.39 is 52.3 Å². The number of nitrogens with one attached hydrogen (secondary N) is 1. The predicted molar refractivity (Wildman–Crippen MR) is 155 cm³/mol. The lowest BCUT2D eigenvalue weighted by Crippen LogP contribution is -2.47. The summed E-state index contributed by atoms with van der Waals surface area (Å²) in [6.07, 6.45) is -4.53. The number of aliphatic hydroxyl groups is 1. The summed E-state index contributed by atoms with van der Waals surface area (Å²) in [6, 6.07) is 9.13. The molecule has 4 rings (SSSR count). The highest BCUT2D eigenvalue weighted by molar-refractivity contribution is 7.91. The minimum atomic E-state index is -4.48. The largest absolute Gasteiger partial charge is 0.416 e. The second-order valence-corrected chi connectivity index (χ2v) is 13.1. The smallest absolute Gasteiger partial charge is 0.394 e. The number of ether oxygens (including phenoxy) is 1. The molecule has 0 bridgehead atoms. The van der Waals surface area contributed by atoms with Gasteiger partial charge >= 0.3 is 12.3 Å². The summed E-state index contributed by atoms with van der Waals surface area (Å²) >= 11 is 0. The Bertz CT molecular complexity index is 1550. The molecule has 45 heavy (non-hydrogen) atoms. The monoisotopic (exact) mass is 656 g/mol. The van der Waals surface area contributed by atoms with Gasteiger partial charge in [-0.15, -0.1) is 0 Å². The highest BCUT2D eigenvalue weighted by Gasteiger charge is 2.35. The van der Waals surface area contributed by atoms with E-state index in [9.17, 15) is 40.3 Å². The van der Waals surface area contributed by atoms with E-state index in [2.05, 4.69) is 15.3 Å². The molecule has 244 valence electrons. The molecule has 0 aliphatic carbocycles. The van der Waals surface area contributed by atoms with E-state index >= 15 is 0 Å². The van der Waals surface area contributed by atoms with Crippen LogP contribution in [0.5, 0.6) is 0 Å². The minimum absolute atomic E-state index is 0.0339. The molecule has 1 unspecified atom stereocenters. The van der Waals surface area contributed by atoms with Crippen LogP contribution in [0.2, 0.25) is 0 Å². The zero-order valence-electron chi connectivity index (χ0n) is 24.5. The van der Waals surface area contributed by atoms with E-state index in [1.54, 1.807) is 4.90 Å². The number of piperidine rings is 1. The average Bonchev–Trinajstić information content (AvgIpc) is 3.02. The fourth-order valence-electron chi connectivity index (χ4n) is 5.04. The van der Waals surface area contributed by atoms with E-state index in [1.807, 2.05) is 0 Å². The number of hydrogen-bond acceptors (Lipinski definition) is 8. The van der Waals surface area contributed by atoms with Crippen molar-refractivity contribution in [1.29, 1.82) is 0 Å². The number of sulfone groups is 1. The first-order chi connectivity index (χ1) is 21.1. The lowest BCUT2D eigenvalue weighted by molar-refractivity contribution is -0.226. The van der Waals surface area contributed by atoms with Crippen LogP contribution in [0.25, 0.3) is 0 Å². The summed E-state index contributed by atoms with van der Waals surface area (Å²) in [5.41, 5.74) is 0.361. The van der Waals surface area contributed by atoms with Gasteiger partial charge < -0.3 is 20.1 Å². The van der Waals surface area contributed by atoms with E-state index in [4.69, 9.17) is 4.74 Å². The molecule has 2 aromatic carbocycles. The Morgan fingerprint density at radius 1 is 1.04 bits per heavy atom. The molecule has 1 fully saturated rings. The fraction of sp³-hybridized carbons (Fsp3) is 0.433. The number of aromatic nitrogens is 2. The molecule has 2 N–H and O–H groups in total. The molecular formula is C30H33F5N4O5S. The van der Waals surface area contributed by atoms with Crippen LogP contribution < -0.4 is 10.2 Å². The van der Waals surface area contributed by atoms with Crippen molar-refractivity contribution >= 4 is 21.7 Å². The molecule has 3 aromatic rings. The number of amides is 1. The minimum Gasteiger partial charge on any atom is -0.394 e. The number of hydrogen-bond donors (Lipinski definition) is 2. The van der Waals surface area contributed by atoms with Crippen LogP contribution in [0, 0.1) is 0 Å². The average molecular weight is 657 g/mol. The lowest BCUT2D eigenvalue weighted by Gasteiger charge is -2.40. The molecule has 0 radical (unpaired) electrons. The van der Waals surface area contributed by atoms with Crippen LogP contribution in [0.1, 0.15) is 65.7 Å². The standard InChI is InChI=1S/C30H33F5N4O5S/c1-3-45(42,43)25-12-7-20(8-13-25)26(17-40)38-27(41)22-14-36-28(37-15-22)39-16-21(6-11-24(39)18-44-29(2,31)32)19-4-9-23(10-5-19)30(33,34)35/h4-5,7-10,12-15,21,24,26,40H,3,6,11,16-18H2,1-2H3,(H,38,41)/t21?,24-,26-/m0/s1. The van der Waals surface area contributed by atoms with E-state index in [0.717, 1.165) is 12.1 Å². The van der Waals surface area contributed by atoms with Crippen LogP contribution in [0.3, 0.4) is 0 Å². The zero-order chi connectivity index (χ0) is 33.0. The van der Waals surface area contributed by atoms with E-state index in [-0.39, 0.29) is 41.2 Å². The summed E-state index contributed by atoms with van der Waals surface area (Å²) in [5, 5.41) is 12.5. The fourth-order valence-corrected chi connectivity index (χ4v) is 5.93. The van der Waals surface area contributed by atoms with Gasteiger partial charge in [-0.25, -0.2) is 18.4 Å². The third-order valence-electron chi connectivity index (χ3n) is 7.61. The molecule has 3 atom stereocenters. The van der Waals surface area contributed by atoms with Gasteiger partial charge in [0, 0.05) is 31.8 Å². The maximum atomic E-state index is 13.5. The van der Waals surface area contributed by atoms with Gasteiger partial charge in [-0.05, 0) is 48.2 Å². The van der Waals surface area contributed by atoms with Crippen molar-refractivity contribution < 1.29 is 45.0 Å². The van der Waals surface area contributed by atoms with Gasteiger partial charge in [-0.3, -0.25) is 4.79 Å². The molecule has 1 aliphatic rings. The molecule has 1 aliphatic heterocycles. The first-order valence-electron chi connectivity index (χ1n) is 14.1. The summed E-state index contributed by atoms with van der Waals surface area (Å²) in [6.45, 7) is 1.51. The van der Waals surface area contributed by atoms with Crippen molar-refractivity contribution in [2.45, 2.75) is 61.9 Å². The summed E-state index contributed by atoms with van der Waals surface area (Å²) < 4.78 is 95.1. The molecular weight excluding hydrogens is 623 g/mol. The first-order valence-corrected chi connectivity index (χ1v) is 15.8. The summed E-state index contributed by atoms with van der Waals surface area (Å²) in [7, 11) is -3.42. The number of benzene rings is 2. The zero-order valence-corrected chi connectivity index (χ0v) is 25.3. The molecule has 15 heteroatoms. The third kappa shape index (κ3) is 8.73. The van der Waals surface area contributed by atoms with Gasteiger partial charge in [0.15, 0.2) is 9.84 Å². The van der Waals surface area contributed by atoms with Gasteiger partial charge in [0.1, 0.15) is 0 Å². The highest BCUT2D eigenvalue weighted by Crippen LogP contribution is 2.35. The van der Waals surface area contributed by atoms with Crippen LogP contribution in [-0.4, -0.2) is 67.1 Å². The van der Waals surface area contributed by atoms with Gasteiger partial charge in [0.2, 0.25) is 5.95 Å². The van der Waals surface area contributed by atoms with Gasteiger partial charge in [0.25, 0.3) is 5.91 Å². The SMILES string of the molecule is CCS(=O)(=O)c1ccc([C@H](CO)NC(=O)c2cnc(N3CC(c4ccc(C(F)(F)F)cc4)CC[C@H]3COC(C)(F)F)nc2)cc1. The first kappa shape index (κ1) is 34.2. The Balaban J connectivity index is 1.50. The number of carbonyl (C=O) groups excluding carboxylic acids is 1. The molecule has 1 saturated heterocycles. The second kappa shape index (κ2) is 13.7. The molecule has 2 heterocycles. The van der Waals surface area contributed by atoms with Crippen molar-refractivity contribution in [2.24, 2.45) is 0 Å². The number of anilines is 1. The normalized spacial score (nSPS) is 18.4. The Kier molecular flexibility index (Phi) is 10.4. The lowest BCUT2D eigenvalue weighted by atomic mass is 9.87. The van der Waals surface area contributed by atoms with Gasteiger partial charge in [-0.2, -0.15) is 22.0 Å². The van der Waals surface area contributed by atoms with Crippen LogP contribution in [0.15, 0.2) is 65.8 Å². The van der Waals surface area contributed by atoms with Crippen molar-refractivity contribution in [3.8, 4) is 0 Å². The van der Waals surface area contributed by atoms with Crippen molar-refractivity contribution in [2.75, 3.05) is 30.4 Å². The van der Waals surface area contributed by atoms with Crippen molar-refractivity contribution in [1.82, 2.24) is 15.3 Å². The quantitative estimate of drug-likeness (QED) is 0.273. The van der Waals surface area contributed by atoms with E-state index in [0.29, 0.717) is 30.9 Å². The Morgan fingerprint density at radius 2 is 1.67 bits per heavy atom. The third-order valence-corrected chi connectivity index (χ3v) is 9.36. The summed E-state index contributed by atoms with van der Waals surface area (Å²) in [4.78, 5) is 23.3. The Labute approximate surface area is 257 Å². The second-order valence-electron chi connectivity index (χ2n) is 10.8. The van der Waals surface area contributed by atoms with Crippen molar-refractivity contribution in [3.63, 3.8) is 0 Å². The van der Waals surface area contributed by atoms with E-state index in [1.165, 1.54) is 55.7 Å².